The Labute approximate surface area is 196 Å². The van der Waals surface area contributed by atoms with Crippen LogP contribution in [0.2, 0.25) is 0 Å². The number of hydrogen-bond donors (Lipinski definition) is 1. The SMILES string of the molecule is Cc1ccc(C2CNCCN2CCC2CC(c3ccccc3)(c3ccccc3)C(=O)O2)cc1. The fourth-order valence-corrected chi connectivity index (χ4v) is 5.40. The summed E-state index contributed by atoms with van der Waals surface area (Å²) in [7, 11) is 0. The molecule has 5 rings (SSSR count). The molecule has 4 nitrogen and oxygen atoms in total. The number of ether oxygens (including phenoxy) is 1. The Morgan fingerprint density at radius 2 is 1.58 bits per heavy atom. The first-order valence-corrected chi connectivity index (χ1v) is 12.0. The van der Waals surface area contributed by atoms with E-state index >= 15 is 0 Å². The Morgan fingerprint density at radius 3 is 2.21 bits per heavy atom. The number of carbonyl (C=O) groups excluding carboxylic acids is 1. The molecule has 2 unspecified atom stereocenters. The number of cyclic esters (lactones) is 1. The summed E-state index contributed by atoms with van der Waals surface area (Å²) in [5.74, 6) is -0.125. The predicted octanol–water partition coefficient (Wildman–Crippen LogP) is 4.63. The van der Waals surface area contributed by atoms with E-state index in [0.717, 1.165) is 43.7 Å². The molecule has 170 valence electrons. The van der Waals surface area contributed by atoms with E-state index in [1.54, 1.807) is 0 Å². The molecule has 0 bridgehead atoms. The normalized spacial score (nSPS) is 22.8. The second-order valence-corrected chi connectivity index (χ2v) is 9.32. The monoisotopic (exact) mass is 440 g/mol. The topological polar surface area (TPSA) is 41.6 Å². The first kappa shape index (κ1) is 21.9. The Hall–Kier alpha value is -2.95. The fraction of sp³-hybridized carbons (Fsp3) is 0.345. The summed E-state index contributed by atoms with van der Waals surface area (Å²) in [6.45, 7) is 5.98. The van der Waals surface area contributed by atoms with Crippen LogP contribution in [0.3, 0.4) is 0 Å². The van der Waals surface area contributed by atoms with Gasteiger partial charge in [-0.1, -0.05) is 90.5 Å². The number of piperazine rings is 1. The Balaban J connectivity index is 1.35. The third-order valence-corrected chi connectivity index (χ3v) is 7.24. The van der Waals surface area contributed by atoms with Gasteiger partial charge in [0.2, 0.25) is 0 Å². The van der Waals surface area contributed by atoms with Gasteiger partial charge < -0.3 is 10.1 Å². The van der Waals surface area contributed by atoms with Gasteiger partial charge in [0, 0.05) is 38.6 Å². The number of rotatable bonds is 6. The number of aryl methyl sites for hydroxylation is 1. The van der Waals surface area contributed by atoms with Crippen molar-refractivity contribution in [3.63, 3.8) is 0 Å². The number of esters is 1. The van der Waals surface area contributed by atoms with E-state index in [9.17, 15) is 4.79 Å². The minimum atomic E-state index is -0.729. The van der Waals surface area contributed by atoms with Crippen LogP contribution < -0.4 is 5.32 Å². The molecule has 3 aromatic rings. The molecule has 0 radical (unpaired) electrons. The van der Waals surface area contributed by atoms with Crippen molar-refractivity contribution in [2.45, 2.75) is 37.3 Å². The van der Waals surface area contributed by atoms with Crippen molar-refractivity contribution in [2.24, 2.45) is 0 Å². The minimum absolute atomic E-state index is 0.0912. The van der Waals surface area contributed by atoms with Gasteiger partial charge in [0.25, 0.3) is 0 Å². The molecule has 4 heteroatoms. The van der Waals surface area contributed by atoms with Gasteiger partial charge in [-0.05, 0) is 30.0 Å². The Morgan fingerprint density at radius 1 is 0.939 bits per heavy atom. The zero-order valence-electron chi connectivity index (χ0n) is 19.2. The van der Waals surface area contributed by atoms with Gasteiger partial charge in [0.15, 0.2) is 0 Å². The summed E-state index contributed by atoms with van der Waals surface area (Å²) in [6, 6.07) is 29.5. The van der Waals surface area contributed by atoms with Crippen LogP contribution in [0.25, 0.3) is 0 Å². The van der Waals surface area contributed by atoms with Gasteiger partial charge in [-0.15, -0.1) is 0 Å². The molecule has 33 heavy (non-hydrogen) atoms. The molecular formula is C29H32N2O2. The molecule has 1 N–H and O–H groups in total. The van der Waals surface area contributed by atoms with Crippen LogP contribution in [0.5, 0.6) is 0 Å². The standard InChI is InChI=1S/C29H32N2O2/c1-22-12-14-23(15-13-22)27-21-30-17-19-31(27)18-16-26-20-29(28(32)33-26,24-8-4-2-5-9-24)25-10-6-3-7-11-25/h2-15,26-27,30H,16-21H2,1H3. The second kappa shape index (κ2) is 9.50. The molecule has 2 aliphatic rings. The second-order valence-electron chi connectivity index (χ2n) is 9.32. The van der Waals surface area contributed by atoms with Crippen LogP contribution in [0.15, 0.2) is 84.9 Å². The molecule has 0 amide bonds. The van der Waals surface area contributed by atoms with Crippen molar-refractivity contribution in [1.82, 2.24) is 10.2 Å². The van der Waals surface area contributed by atoms with Gasteiger partial charge in [-0.25, -0.2) is 0 Å². The predicted molar refractivity (Wildman–Crippen MR) is 131 cm³/mol. The van der Waals surface area contributed by atoms with Crippen LogP contribution in [0.1, 0.15) is 41.1 Å². The number of benzene rings is 3. The van der Waals surface area contributed by atoms with E-state index in [0.29, 0.717) is 12.5 Å². The van der Waals surface area contributed by atoms with Gasteiger partial charge in [0.05, 0.1) is 0 Å². The molecule has 2 fully saturated rings. The lowest BCUT2D eigenvalue weighted by molar-refractivity contribution is -0.144. The number of nitrogens with zero attached hydrogens (tertiary/aromatic N) is 1. The van der Waals surface area contributed by atoms with Crippen LogP contribution in [-0.4, -0.2) is 43.2 Å². The maximum absolute atomic E-state index is 13.4. The average Bonchev–Trinajstić information content (AvgIpc) is 3.21. The van der Waals surface area contributed by atoms with Crippen LogP contribution in [-0.2, 0) is 14.9 Å². The average molecular weight is 441 g/mol. The highest BCUT2D eigenvalue weighted by molar-refractivity contribution is 5.89. The molecule has 3 aromatic carbocycles. The molecule has 2 atom stereocenters. The largest absolute Gasteiger partial charge is 0.461 e. The number of carbonyl (C=O) groups is 1. The van der Waals surface area contributed by atoms with Crippen LogP contribution in [0.4, 0.5) is 0 Å². The lowest BCUT2D eigenvalue weighted by Crippen LogP contribution is -2.46. The molecule has 2 aliphatic heterocycles. The van der Waals surface area contributed by atoms with E-state index in [-0.39, 0.29) is 12.1 Å². The first-order valence-electron chi connectivity index (χ1n) is 12.0. The fourth-order valence-electron chi connectivity index (χ4n) is 5.40. The summed E-state index contributed by atoms with van der Waals surface area (Å²) in [5, 5.41) is 3.54. The summed E-state index contributed by atoms with van der Waals surface area (Å²) >= 11 is 0. The third-order valence-electron chi connectivity index (χ3n) is 7.24. The third kappa shape index (κ3) is 4.33. The summed E-state index contributed by atoms with van der Waals surface area (Å²) in [5.41, 5.74) is 3.93. The van der Waals surface area contributed by atoms with Crippen molar-refractivity contribution in [3.05, 3.63) is 107 Å². The smallest absolute Gasteiger partial charge is 0.321 e. The van der Waals surface area contributed by atoms with E-state index in [1.807, 2.05) is 36.4 Å². The summed E-state index contributed by atoms with van der Waals surface area (Å²) in [6.07, 6.45) is 1.43. The minimum Gasteiger partial charge on any atom is -0.461 e. The lowest BCUT2D eigenvalue weighted by atomic mass is 9.72. The van der Waals surface area contributed by atoms with Crippen molar-refractivity contribution in [2.75, 3.05) is 26.2 Å². The molecule has 0 saturated carbocycles. The highest BCUT2D eigenvalue weighted by Crippen LogP contribution is 2.44. The molecule has 2 heterocycles. The highest BCUT2D eigenvalue weighted by Gasteiger charge is 2.51. The van der Waals surface area contributed by atoms with E-state index in [1.165, 1.54) is 11.1 Å². The number of nitrogens with one attached hydrogen (secondary N) is 1. The summed E-state index contributed by atoms with van der Waals surface area (Å²) < 4.78 is 6.05. The van der Waals surface area contributed by atoms with Gasteiger partial charge >= 0.3 is 5.97 Å². The molecule has 0 spiro atoms. The van der Waals surface area contributed by atoms with Gasteiger partial charge in [-0.2, -0.15) is 0 Å². The van der Waals surface area contributed by atoms with Gasteiger partial charge in [0.1, 0.15) is 11.5 Å². The Bertz CT molecular complexity index is 1030. The van der Waals surface area contributed by atoms with Crippen molar-refractivity contribution >= 4 is 5.97 Å². The van der Waals surface area contributed by atoms with E-state index in [2.05, 4.69) is 65.7 Å². The van der Waals surface area contributed by atoms with Crippen molar-refractivity contribution in [1.29, 1.82) is 0 Å². The highest BCUT2D eigenvalue weighted by atomic mass is 16.6. The number of hydrogen-bond acceptors (Lipinski definition) is 4. The van der Waals surface area contributed by atoms with E-state index < -0.39 is 5.41 Å². The van der Waals surface area contributed by atoms with Crippen LogP contribution in [0, 0.1) is 6.92 Å². The molecular weight excluding hydrogens is 408 g/mol. The molecule has 0 aliphatic carbocycles. The zero-order chi connectivity index (χ0) is 22.7. The molecule has 0 aromatic heterocycles. The molecule has 2 saturated heterocycles. The van der Waals surface area contributed by atoms with Crippen molar-refractivity contribution in [3.8, 4) is 0 Å². The lowest BCUT2D eigenvalue weighted by Gasteiger charge is -2.37. The van der Waals surface area contributed by atoms with Crippen LogP contribution >= 0.6 is 0 Å². The summed E-state index contributed by atoms with van der Waals surface area (Å²) in [4.78, 5) is 16.0. The quantitative estimate of drug-likeness (QED) is 0.568. The van der Waals surface area contributed by atoms with Crippen molar-refractivity contribution < 1.29 is 9.53 Å². The van der Waals surface area contributed by atoms with Gasteiger partial charge in [-0.3, -0.25) is 9.69 Å². The maximum atomic E-state index is 13.4. The van der Waals surface area contributed by atoms with E-state index in [4.69, 9.17) is 4.74 Å². The Kier molecular flexibility index (Phi) is 6.30. The zero-order valence-corrected chi connectivity index (χ0v) is 19.2. The maximum Gasteiger partial charge on any atom is 0.321 e. The first-order chi connectivity index (χ1) is 16.2.